The van der Waals surface area contributed by atoms with Crippen molar-refractivity contribution in [1.82, 2.24) is 10.2 Å². The van der Waals surface area contributed by atoms with Crippen LogP contribution in [0.15, 0.2) is 10.5 Å². The number of alkyl halides is 2. The number of carbonyl (C=O) groups excluding carboxylic acids is 1. The Balaban J connectivity index is 2.13. The van der Waals surface area contributed by atoms with Crippen LogP contribution in [-0.2, 0) is 4.74 Å². The van der Waals surface area contributed by atoms with Gasteiger partial charge in [0, 0.05) is 11.8 Å². The van der Waals surface area contributed by atoms with Crippen molar-refractivity contribution in [2.75, 3.05) is 0 Å². The van der Waals surface area contributed by atoms with Crippen LogP contribution in [0.25, 0.3) is 0 Å². The summed E-state index contributed by atoms with van der Waals surface area (Å²) in [7, 11) is 0. The normalized spacial score (nSPS) is 12.5. The van der Waals surface area contributed by atoms with E-state index in [-0.39, 0.29) is 16.5 Å². The summed E-state index contributed by atoms with van der Waals surface area (Å²) in [6.45, 7) is 1.80. The molecule has 0 bridgehead atoms. The predicted octanol–water partition coefficient (Wildman–Crippen LogP) is 3.27. The number of aromatic nitrogens is 2. The molecule has 0 aliphatic rings. The van der Waals surface area contributed by atoms with E-state index in [1.54, 1.807) is 20.8 Å². The van der Waals surface area contributed by atoms with Crippen molar-refractivity contribution in [2.24, 2.45) is 0 Å². The quantitative estimate of drug-likeness (QED) is 0.788. The Kier molecular flexibility index (Phi) is 4.51. The van der Waals surface area contributed by atoms with Gasteiger partial charge in [0.05, 0.1) is 0 Å². The molecule has 0 aromatic carbocycles. The van der Waals surface area contributed by atoms with Gasteiger partial charge in [-0.15, -0.1) is 21.5 Å². The summed E-state index contributed by atoms with van der Waals surface area (Å²) in [4.78, 5) is 12.6. The molecule has 114 valence electrons. The highest BCUT2D eigenvalue weighted by Gasteiger charge is 2.24. The minimum atomic E-state index is -3.01. The molecule has 0 fully saturated rings. The van der Waals surface area contributed by atoms with Gasteiger partial charge in [-0.2, -0.15) is 8.78 Å². The fourth-order valence-electron chi connectivity index (χ4n) is 1.56. The van der Waals surface area contributed by atoms with Gasteiger partial charge in [0.1, 0.15) is 0 Å². The molecular formula is C12H12F2N2O4S. The highest BCUT2D eigenvalue weighted by molar-refractivity contribution is 7.14. The number of nitrogens with zero attached hydrogens (tertiary/aromatic N) is 2. The van der Waals surface area contributed by atoms with E-state index in [9.17, 15) is 13.6 Å². The van der Waals surface area contributed by atoms with Gasteiger partial charge in [0.15, 0.2) is 16.7 Å². The predicted molar refractivity (Wildman–Crippen MR) is 68.6 cm³/mol. The van der Waals surface area contributed by atoms with Gasteiger partial charge in [-0.05, 0) is 19.9 Å². The molecule has 0 N–H and O–H groups in total. The number of aryl methyl sites for hydroxylation is 2. The van der Waals surface area contributed by atoms with Crippen molar-refractivity contribution in [3.63, 3.8) is 0 Å². The van der Waals surface area contributed by atoms with Crippen LogP contribution in [0, 0.1) is 13.8 Å². The summed E-state index contributed by atoms with van der Waals surface area (Å²) < 4.78 is 39.2. The van der Waals surface area contributed by atoms with Crippen LogP contribution in [0.1, 0.15) is 39.4 Å². The first kappa shape index (κ1) is 15.4. The number of carbonyl (C=O) groups is 1. The topological polar surface area (TPSA) is 74.5 Å². The molecular weight excluding hydrogens is 306 g/mol. The third-order valence-electron chi connectivity index (χ3n) is 2.40. The Hall–Kier alpha value is -2.03. The second kappa shape index (κ2) is 6.17. The van der Waals surface area contributed by atoms with Crippen LogP contribution in [0.3, 0.4) is 0 Å². The summed E-state index contributed by atoms with van der Waals surface area (Å²) in [6.07, 6.45) is -0.791. The molecule has 9 heteroatoms. The monoisotopic (exact) mass is 318 g/mol. The molecule has 0 aliphatic carbocycles. The third kappa shape index (κ3) is 3.75. The second-order valence-electron chi connectivity index (χ2n) is 4.14. The number of rotatable bonds is 5. The molecule has 6 nitrogen and oxygen atoms in total. The molecule has 1 atom stereocenters. The smallest absolute Gasteiger partial charge is 0.387 e. The number of hydrogen-bond acceptors (Lipinski definition) is 7. The molecule has 0 aliphatic heterocycles. The van der Waals surface area contributed by atoms with Gasteiger partial charge in [0.25, 0.3) is 5.89 Å². The van der Waals surface area contributed by atoms with Gasteiger partial charge in [-0.3, -0.25) is 0 Å². The van der Waals surface area contributed by atoms with Gasteiger partial charge < -0.3 is 13.9 Å². The maximum Gasteiger partial charge on any atom is 0.387 e. The molecule has 2 aromatic heterocycles. The fourth-order valence-corrected chi connectivity index (χ4v) is 2.38. The van der Waals surface area contributed by atoms with Crippen LogP contribution in [0.5, 0.6) is 5.75 Å². The van der Waals surface area contributed by atoms with E-state index in [4.69, 9.17) is 9.15 Å². The Morgan fingerprint density at radius 2 is 2.10 bits per heavy atom. The van der Waals surface area contributed by atoms with E-state index in [1.807, 2.05) is 0 Å². The van der Waals surface area contributed by atoms with Crippen LogP contribution < -0.4 is 4.74 Å². The molecule has 2 aromatic rings. The van der Waals surface area contributed by atoms with Gasteiger partial charge >= 0.3 is 12.6 Å². The molecule has 0 radical (unpaired) electrons. The van der Waals surface area contributed by atoms with Crippen molar-refractivity contribution >= 4 is 17.3 Å². The zero-order valence-corrected chi connectivity index (χ0v) is 12.2. The van der Waals surface area contributed by atoms with E-state index in [2.05, 4.69) is 14.9 Å². The zero-order valence-electron chi connectivity index (χ0n) is 11.4. The van der Waals surface area contributed by atoms with Gasteiger partial charge in [-0.25, -0.2) is 4.79 Å². The first-order valence-electron chi connectivity index (χ1n) is 5.93. The fraction of sp³-hybridized carbons (Fsp3) is 0.417. The maximum absolute atomic E-state index is 12.3. The van der Waals surface area contributed by atoms with E-state index in [0.717, 1.165) is 11.3 Å². The standard InChI is InChI=1S/C12H12F2N2O4S/c1-5-4-8(20-12(13)14)9(21-5)11(17)18-6(2)10-16-15-7(3)19-10/h4,6,12H,1-3H3. The van der Waals surface area contributed by atoms with Crippen molar-refractivity contribution in [3.8, 4) is 5.75 Å². The second-order valence-corrected chi connectivity index (χ2v) is 5.39. The number of halogens is 2. The van der Waals surface area contributed by atoms with Crippen molar-refractivity contribution in [3.05, 3.63) is 27.6 Å². The minimum absolute atomic E-state index is 0.0316. The van der Waals surface area contributed by atoms with Gasteiger partial charge in [-0.1, -0.05) is 0 Å². The highest BCUT2D eigenvalue weighted by atomic mass is 32.1. The van der Waals surface area contributed by atoms with Crippen molar-refractivity contribution < 1.29 is 27.5 Å². The SMILES string of the molecule is Cc1nnc(C(C)OC(=O)c2sc(C)cc2OC(F)F)o1. The van der Waals surface area contributed by atoms with E-state index in [1.165, 1.54) is 6.07 Å². The van der Waals surface area contributed by atoms with Crippen molar-refractivity contribution in [1.29, 1.82) is 0 Å². The Labute approximate surface area is 122 Å². The Bertz CT molecular complexity index is 641. The Morgan fingerprint density at radius 3 is 2.67 bits per heavy atom. The largest absolute Gasteiger partial charge is 0.448 e. The third-order valence-corrected chi connectivity index (χ3v) is 3.41. The molecule has 21 heavy (non-hydrogen) atoms. The lowest BCUT2D eigenvalue weighted by molar-refractivity contribution is -0.0502. The van der Waals surface area contributed by atoms with E-state index in [0.29, 0.717) is 10.8 Å². The van der Waals surface area contributed by atoms with Gasteiger partial charge in [0.2, 0.25) is 5.89 Å². The summed E-state index contributed by atoms with van der Waals surface area (Å²) in [5.74, 6) is -0.523. The molecule has 2 rings (SSSR count). The average Bonchev–Trinajstić information content (AvgIpc) is 2.95. The summed E-state index contributed by atoms with van der Waals surface area (Å²) in [5.41, 5.74) is 0. The summed E-state index contributed by atoms with van der Waals surface area (Å²) in [5, 5.41) is 7.35. The molecule has 0 spiro atoms. The Morgan fingerprint density at radius 1 is 1.38 bits per heavy atom. The van der Waals surface area contributed by atoms with Crippen LogP contribution in [-0.4, -0.2) is 22.8 Å². The molecule has 0 saturated carbocycles. The lowest BCUT2D eigenvalue weighted by Gasteiger charge is -2.09. The zero-order chi connectivity index (χ0) is 15.6. The number of ether oxygens (including phenoxy) is 2. The molecule has 2 heterocycles. The van der Waals surface area contributed by atoms with Crippen LogP contribution >= 0.6 is 11.3 Å². The summed E-state index contributed by atoms with van der Waals surface area (Å²) >= 11 is 1.01. The van der Waals surface area contributed by atoms with Crippen LogP contribution in [0.4, 0.5) is 8.78 Å². The number of thiophene rings is 1. The van der Waals surface area contributed by atoms with E-state index < -0.39 is 18.7 Å². The highest BCUT2D eigenvalue weighted by Crippen LogP contribution is 2.32. The van der Waals surface area contributed by atoms with E-state index >= 15 is 0 Å². The number of esters is 1. The average molecular weight is 318 g/mol. The molecule has 1 unspecified atom stereocenters. The first-order valence-corrected chi connectivity index (χ1v) is 6.74. The maximum atomic E-state index is 12.3. The number of hydrogen-bond donors (Lipinski definition) is 0. The van der Waals surface area contributed by atoms with Crippen LogP contribution in [0.2, 0.25) is 0 Å². The molecule has 0 saturated heterocycles. The summed E-state index contributed by atoms with van der Waals surface area (Å²) in [6, 6.07) is 1.36. The first-order chi connectivity index (χ1) is 9.86. The molecule has 0 amide bonds. The minimum Gasteiger partial charge on any atom is -0.448 e. The lowest BCUT2D eigenvalue weighted by atomic mass is 10.3. The van der Waals surface area contributed by atoms with Crippen molar-refractivity contribution in [2.45, 2.75) is 33.5 Å². The lowest BCUT2D eigenvalue weighted by Crippen LogP contribution is -2.11.